The number of nitrogens with one attached hydrogen (secondary N) is 2. The predicted octanol–water partition coefficient (Wildman–Crippen LogP) is 3.03. The molecular weight excluding hydrogens is 415 g/mol. The van der Waals surface area contributed by atoms with Gasteiger partial charge in [0.15, 0.2) is 5.96 Å². The number of likely N-dealkylation sites (N-methyl/N-ethyl adjacent to an activating group) is 1. The summed E-state index contributed by atoms with van der Waals surface area (Å²) >= 11 is 0. The van der Waals surface area contributed by atoms with Crippen LogP contribution in [-0.4, -0.2) is 52.4 Å². The second-order valence-corrected chi connectivity index (χ2v) is 5.39. The molecule has 1 aromatic carbocycles. The Kier molecular flexibility index (Phi) is 13.7. The van der Waals surface area contributed by atoms with Crippen molar-refractivity contribution in [1.29, 1.82) is 0 Å². The number of halogens is 1. The summed E-state index contributed by atoms with van der Waals surface area (Å²) in [6.07, 6.45) is 0.985. The lowest BCUT2D eigenvalue weighted by Crippen LogP contribution is -2.42. The molecule has 1 rings (SSSR count). The van der Waals surface area contributed by atoms with Crippen molar-refractivity contribution < 1.29 is 4.74 Å². The van der Waals surface area contributed by atoms with Crippen LogP contribution in [0.15, 0.2) is 29.3 Å². The maximum Gasteiger partial charge on any atom is 0.191 e. The molecule has 0 aromatic heterocycles. The number of hydrogen-bond donors (Lipinski definition) is 2. The van der Waals surface area contributed by atoms with Crippen LogP contribution in [0.1, 0.15) is 25.8 Å². The molecule has 0 bridgehead atoms. The molecule has 0 unspecified atom stereocenters. The van der Waals surface area contributed by atoms with Gasteiger partial charge >= 0.3 is 0 Å². The van der Waals surface area contributed by atoms with E-state index in [0.29, 0.717) is 0 Å². The molecular formula is C18H33IN4O. The van der Waals surface area contributed by atoms with Crippen LogP contribution in [0.3, 0.4) is 0 Å². The smallest absolute Gasteiger partial charge is 0.191 e. The van der Waals surface area contributed by atoms with Gasteiger partial charge in [-0.3, -0.25) is 4.99 Å². The first-order valence-corrected chi connectivity index (χ1v) is 8.55. The molecule has 6 heteroatoms. The highest BCUT2D eigenvalue weighted by atomic mass is 127. The van der Waals surface area contributed by atoms with Crippen molar-refractivity contribution in [3.05, 3.63) is 29.8 Å². The molecule has 24 heavy (non-hydrogen) atoms. The van der Waals surface area contributed by atoms with Gasteiger partial charge in [0.2, 0.25) is 0 Å². The summed E-state index contributed by atoms with van der Waals surface area (Å²) in [5.41, 5.74) is 2.56. The van der Waals surface area contributed by atoms with Crippen LogP contribution in [0.25, 0.3) is 0 Å². The van der Waals surface area contributed by atoms with E-state index in [4.69, 9.17) is 4.74 Å². The Hall–Kier alpha value is -1.02. The van der Waals surface area contributed by atoms with Gasteiger partial charge in [0, 0.05) is 52.1 Å². The molecule has 0 aliphatic heterocycles. The summed E-state index contributed by atoms with van der Waals surface area (Å²) < 4.78 is 5.33. The summed E-state index contributed by atoms with van der Waals surface area (Å²) in [4.78, 5) is 6.61. The highest BCUT2D eigenvalue weighted by Gasteiger charge is 2.04. The number of hydrogen-bond acceptors (Lipinski definition) is 3. The Labute approximate surface area is 164 Å². The van der Waals surface area contributed by atoms with Crippen LogP contribution in [0.5, 0.6) is 0 Å². The summed E-state index contributed by atoms with van der Waals surface area (Å²) in [6, 6.07) is 8.63. The van der Waals surface area contributed by atoms with Crippen LogP contribution in [0.2, 0.25) is 0 Å². The first kappa shape index (κ1) is 23.0. The number of aryl methyl sites for hydroxylation is 1. The van der Waals surface area contributed by atoms with Gasteiger partial charge in [-0.05, 0) is 44.9 Å². The fourth-order valence-electron chi connectivity index (χ4n) is 2.35. The monoisotopic (exact) mass is 448 g/mol. The Morgan fingerprint density at radius 1 is 1.21 bits per heavy atom. The van der Waals surface area contributed by atoms with Crippen molar-refractivity contribution in [2.24, 2.45) is 4.99 Å². The number of anilines is 1. The number of benzene rings is 1. The predicted molar refractivity (Wildman–Crippen MR) is 115 cm³/mol. The van der Waals surface area contributed by atoms with Gasteiger partial charge in [0.25, 0.3) is 0 Å². The molecule has 0 aliphatic carbocycles. The Balaban J connectivity index is 0.00000529. The lowest BCUT2D eigenvalue weighted by molar-refractivity contribution is 0.145. The molecule has 2 N–H and O–H groups in total. The molecule has 0 saturated carbocycles. The average molecular weight is 448 g/mol. The topological polar surface area (TPSA) is 48.9 Å². The van der Waals surface area contributed by atoms with Crippen molar-refractivity contribution in [3.63, 3.8) is 0 Å². The highest BCUT2D eigenvalue weighted by Crippen LogP contribution is 2.14. The van der Waals surface area contributed by atoms with E-state index in [-0.39, 0.29) is 24.0 Å². The molecule has 0 fully saturated rings. The third-order valence-corrected chi connectivity index (χ3v) is 3.61. The van der Waals surface area contributed by atoms with Gasteiger partial charge in [-0.2, -0.15) is 0 Å². The molecule has 1 aromatic rings. The minimum atomic E-state index is 0. The first-order chi connectivity index (χ1) is 11.2. The Bertz CT molecular complexity index is 468. The van der Waals surface area contributed by atoms with Gasteiger partial charge < -0.3 is 20.3 Å². The minimum absolute atomic E-state index is 0. The lowest BCUT2D eigenvalue weighted by atomic mass is 10.2. The molecule has 5 nitrogen and oxygen atoms in total. The number of rotatable bonds is 10. The molecule has 0 saturated heterocycles. The fourth-order valence-corrected chi connectivity index (χ4v) is 2.35. The molecule has 0 heterocycles. The van der Waals surface area contributed by atoms with E-state index in [9.17, 15) is 0 Å². The number of ether oxygens (including phenoxy) is 1. The van der Waals surface area contributed by atoms with Gasteiger partial charge in [0.05, 0.1) is 0 Å². The first-order valence-electron chi connectivity index (χ1n) is 8.55. The molecule has 138 valence electrons. The second kappa shape index (κ2) is 14.3. The fraction of sp³-hybridized carbons (Fsp3) is 0.611. The molecule has 0 aliphatic rings. The normalized spacial score (nSPS) is 10.9. The van der Waals surface area contributed by atoms with Gasteiger partial charge in [-0.1, -0.05) is 12.1 Å². The maximum absolute atomic E-state index is 5.33. The van der Waals surface area contributed by atoms with Crippen molar-refractivity contribution in [3.8, 4) is 0 Å². The third kappa shape index (κ3) is 9.32. The van der Waals surface area contributed by atoms with Gasteiger partial charge in [-0.25, -0.2) is 0 Å². The SMILES string of the molecule is CCOCCCNC(=NC)NCCN(CC)c1cccc(C)c1.I. The van der Waals surface area contributed by atoms with E-state index in [0.717, 1.165) is 51.8 Å². The zero-order valence-corrected chi connectivity index (χ0v) is 17.8. The summed E-state index contributed by atoms with van der Waals surface area (Å²) in [5, 5.41) is 6.68. The third-order valence-electron chi connectivity index (χ3n) is 3.61. The van der Waals surface area contributed by atoms with Crippen LogP contribution < -0.4 is 15.5 Å². The van der Waals surface area contributed by atoms with Crippen molar-refractivity contribution in [2.45, 2.75) is 27.2 Å². The van der Waals surface area contributed by atoms with E-state index in [1.165, 1.54) is 11.3 Å². The zero-order chi connectivity index (χ0) is 16.9. The van der Waals surface area contributed by atoms with Crippen molar-refractivity contribution in [2.75, 3.05) is 51.3 Å². The Morgan fingerprint density at radius 3 is 2.58 bits per heavy atom. The summed E-state index contributed by atoms with van der Waals surface area (Å²) in [7, 11) is 1.80. The van der Waals surface area contributed by atoms with Gasteiger partial charge in [0.1, 0.15) is 0 Å². The largest absolute Gasteiger partial charge is 0.382 e. The zero-order valence-electron chi connectivity index (χ0n) is 15.5. The molecule has 0 radical (unpaired) electrons. The number of nitrogens with zero attached hydrogens (tertiary/aromatic N) is 2. The highest BCUT2D eigenvalue weighted by molar-refractivity contribution is 14.0. The number of guanidine groups is 1. The van der Waals surface area contributed by atoms with Crippen molar-refractivity contribution >= 4 is 35.6 Å². The lowest BCUT2D eigenvalue weighted by Gasteiger charge is -2.24. The summed E-state index contributed by atoms with van der Waals surface area (Å²) in [6.45, 7) is 11.6. The van der Waals surface area contributed by atoms with Crippen LogP contribution in [0.4, 0.5) is 5.69 Å². The van der Waals surface area contributed by atoms with Crippen LogP contribution in [-0.2, 0) is 4.74 Å². The molecule has 0 amide bonds. The Morgan fingerprint density at radius 2 is 1.96 bits per heavy atom. The summed E-state index contributed by atoms with van der Waals surface area (Å²) in [5.74, 6) is 0.849. The maximum atomic E-state index is 5.33. The molecule has 0 atom stereocenters. The second-order valence-electron chi connectivity index (χ2n) is 5.39. The quantitative estimate of drug-likeness (QED) is 0.250. The molecule has 0 spiro atoms. The standard InChI is InChI=1S/C18H32N4O.HI/c1-5-22(17-10-7-9-16(3)15-17)13-12-21-18(19-4)20-11-8-14-23-6-2;/h7,9-10,15H,5-6,8,11-14H2,1-4H3,(H2,19,20,21);1H. The van der Waals surface area contributed by atoms with Crippen LogP contribution >= 0.6 is 24.0 Å². The van der Waals surface area contributed by atoms with Crippen molar-refractivity contribution in [1.82, 2.24) is 10.6 Å². The van der Waals surface area contributed by atoms with E-state index in [1.807, 2.05) is 6.92 Å². The van der Waals surface area contributed by atoms with Gasteiger partial charge in [-0.15, -0.1) is 24.0 Å². The van der Waals surface area contributed by atoms with Crippen LogP contribution in [0, 0.1) is 6.92 Å². The minimum Gasteiger partial charge on any atom is -0.382 e. The van der Waals surface area contributed by atoms with E-state index in [1.54, 1.807) is 7.05 Å². The van der Waals surface area contributed by atoms with E-state index < -0.39 is 0 Å². The van der Waals surface area contributed by atoms with E-state index in [2.05, 4.69) is 58.6 Å². The number of aliphatic imine (C=N–C) groups is 1. The average Bonchev–Trinajstić information content (AvgIpc) is 2.56. The van der Waals surface area contributed by atoms with E-state index >= 15 is 0 Å².